The minimum Gasteiger partial charge on any atom is -0.481 e. The number of aliphatic carboxylic acids is 1. The first kappa shape index (κ1) is 17.0. The molecule has 2 N–H and O–H groups in total. The second-order valence-corrected chi connectivity index (χ2v) is 5.68. The molecule has 1 aromatic carbocycles. The summed E-state index contributed by atoms with van der Waals surface area (Å²) in [7, 11) is 0. The third kappa shape index (κ3) is 3.71. The Balaban J connectivity index is 2.24. The summed E-state index contributed by atoms with van der Waals surface area (Å²) >= 11 is 6.18. The highest BCUT2D eigenvalue weighted by molar-refractivity contribution is 6.35. The number of rotatable bonds is 5. The summed E-state index contributed by atoms with van der Waals surface area (Å²) in [5.74, 6) is -1.21. The van der Waals surface area contributed by atoms with E-state index < -0.39 is 5.97 Å². The summed E-state index contributed by atoms with van der Waals surface area (Å²) in [6.07, 6.45) is -0.0287. The highest BCUT2D eigenvalue weighted by Gasteiger charge is 2.17. The van der Waals surface area contributed by atoms with Gasteiger partial charge in [-0.2, -0.15) is 5.10 Å². The number of carboxylic acids is 1. The molecule has 0 saturated heterocycles. The van der Waals surface area contributed by atoms with Gasteiger partial charge in [0.1, 0.15) is 0 Å². The van der Waals surface area contributed by atoms with Gasteiger partial charge < -0.3 is 10.4 Å². The van der Waals surface area contributed by atoms with Gasteiger partial charge >= 0.3 is 5.97 Å². The van der Waals surface area contributed by atoms with Crippen molar-refractivity contribution in [2.75, 3.05) is 5.32 Å². The van der Waals surface area contributed by atoms with Crippen molar-refractivity contribution in [2.45, 2.75) is 33.7 Å². The maximum Gasteiger partial charge on any atom is 0.305 e. The van der Waals surface area contributed by atoms with Gasteiger partial charge in [0, 0.05) is 0 Å². The van der Waals surface area contributed by atoms with E-state index >= 15 is 0 Å². The van der Waals surface area contributed by atoms with Crippen molar-refractivity contribution >= 4 is 29.2 Å². The topological polar surface area (TPSA) is 84.2 Å². The molecule has 122 valence electrons. The van der Waals surface area contributed by atoms with Crippen LogP contribution in [-0.4, -0.2) is 26.8 Å². The number of hydrogen-bond acceptors (Lipinski definition) is 3. The molecule has 0 fully saturated rings. The molecule has 0 aliphatic carbocycles. The Morgan fingerprint density at radius 2 is 2.00 bits per heavy atom. The number of carbonyl (C=O) groups excluding carboxylic acids is 1. The fourth-order valence-electron chi connectivity index (χ4n) is 2.30. The van der Waals surface area contributed by atoms with E-state index in [1.54, 1.807) is 30.7 Å². The monoisotopic (exact) mass is 335 g/mol. The Morgan fingerprint density at radius 3 is 2.65 bits per heavy atom. The summed E-state index contributed by atoms with van der Waals surface area (Å²) in [4.78, 5) is 23.1. The lowest BCUT2D eigenvalue weighted by molar-refractivity contribution is -0.137. The molecule has 0 spiro atoms. The first-order valence-corrected chi connectivity index (χ1v) is 7.51. The van der Waals surface area contributed by atoms with Crippen LogP contribution in [0, 0.1) is 20.8 Å². The smallest absolute Gasteiger partial charge is 0.305 e. The third-order valence-electron chi connectivity index (χ3n) is 3.59. The molecule has 0 radical (unpaired) electrons. The second-order valence-electron chi connectivity index (χ2n) is 5.30. The predicted molar refractivity (Wildman–Crippen MR) is 88.1 cm³/mol. The minimum atomic E-state index is -0.894. The zero-order chi connectivity index (χ0) is 17.1. The lowest BCUT2D eigenvalue weighted by Gasteiger charge is -2.09. The van der Waals surface area contributed by atoms with Crippen LogP contribution in [0.15, 0.2) is 18.2 Å². The SMILES string of the molecule is Cc1cccc(C(=O)Nc2c(C)nn(CCC(=O)O)c2C)c1Cl. The Bertz CT molecular complexity index is 768. The average Bonchev–Trinajstić information content (AvgIpc) is 2.75. The van der Waals surface area contributed by atoms with Gasteiger partial charge in [0.25, 0.3) is 5.91 Å². The van der Waals surface area contributed by atoms with Gasteiger partial charge in [-0.1, -0.05) is 23.7 Å². The van der Waals surface area contributed by atoms with Gasteiger partial charge in [-0.05, 0) is 32.4 Å². The van der Waals surface area contributed by atoms with E-state index in [0.717, 1.165) is 5.56 Å². The molecular formula is C16H18ClN3O3. The molecule has 7 heteroatoms. The summed E-state index contributed by atoms with van der Waals surface area (Å²) in [6.45, 7) is 5.63. The highest BCUT2D eigenvalue weighted by Crippen LogP contribution is 2.24. The van der Waals surface area contributed by atoms with Crippen LogP contribution in [0.3, 0.4) is 0 Å². The van der Waals surface area contributed by atoms with Crippen LogP contribution in [0.1, 0.15) is 33.7 Å². The summed E-state index contributed by atoms with van der Waals surface area (Å²) in [5.41, 5.74) is 3.14. The number of benzene rings is 1. The van der Waals surface area contributed by atoms with Crippen LogP contribution >= 0.6 is 11.6 Å². The molecule has 0 saturated carbocycles. The highest BCUT2D eigenvalue weighted by atomic mass is 35.5. The van der Waals surface area contributed by atoms with Crippen molar-refractivity contribution in [1.82, 2.24) is 9.78 Å². The van der Waals surface area contributed by atoms with Crippen molar-refractivity contribution in [2.24, 2.45) is 0 Å². The molecule has 1 amide bonds. The second kappa shape index (κ2) is 6.83. The van der Waals surface area contributed by atoms with Gasteiger partial charge in [-0.3, -0.25) is 14.3 Å². The Kier molecular flexibility index (Phi) is 5.05. The van der Waals surface area contributed by atoms with Crippen LogP contribution in [0.4, 0.5) is 5.69 Å². The van der Waals surface area contributed by atoms with Crippen LogP contribution in [-0.2, 0) is 11.3 Å². The van der Waals surface area contributed by atoms with Crippen molar-refractivity contribution in [3.05, 3.63) is 45.7 Å². The van der Waals surface area contributed by atoms with E-state index in [2.05, 4.69) is 10.4 Å². The zero-order valence-electron chi connectivity index (χ0n) is 13.2. The third-order valence-corrected chi connectivity index (χ3v) is 4.10. The molecule has 2 aromatic rings. The van der Waals surface area contributed by atoms with Gasteiger partial charge in [-0.15, -0.1) is 0 Å². The van der Waals surface area contributed by atoms with Gasteiger partial charge in [-0.25, -0.2) is 0 Å². The molecule has 6 nitrogen and oxygen atoms in total. The minimum absolute atomic E-state index is 0.0287. The molecule has 2 rings (SSSR count). The summed E-state index contributed by atoms with van der Waals surface area (Å²) in [6, 6.07) is 5.26. The van der Waals surface area contributed by atoms with E-state index in [1.807, 2.05) is 13.0 Å². The van der Waals surface area contributed by atoms with Crippen molar-refractivity contribution in [3.8, 4) is 0 Å². The van der Waals surface area contributed by atoms with Crippen molar-refractivity contribution in [3.63, 3.8) is 0 Å². The number of aryl methyl sites for hydroxylation is 3. The van der Waals surface area contributed by atoms with Gasteiger partial charge in [0.15, 0.2) is 0 Å². The number of hydrogen-bond donors (Lipinski definition) is 2. The standard InChI is InChI=1S/C16H18ClN3O3/c1-9-5-4-6-12(14(9)17)16(23)18-15-10(2)19-20(11(15)3)8-7-13(21)22/h4-6H,7-8H2,1-3H3,(H,18,23)(H,21,22). The molecular weight excluding hydrogens is 318 g/mol. The molecule has 0 atom stereocenters. The normalized spacial score (nSPS) is 10.6. The Hall–Kier alpha value is -2.34. The molecule has 0 bridgehead atoms. The quantitative estimate of drug-likeness (QED) is 0.878. The van der Waals surface area contributed by atoms with Crippen molar-refractivity contribution < 1.29 is 14.7 Å². The zero-order valence-corrected chi connectivity index (χ0v) is 13.9. The number of nitrogens with one attached hydrogen (secondary N) is 1. The van der Waals surface area contributed by atoms with E-state index in [-0.39, 0.29) is 18.9 Å². The maximum atomic E-state index is 12.4. The van der Waals surface area contributed by atoms with E-state index in [4.69, 9.17) is 16.7 Å². The number of aromatic nitrogens is 2. The largest absolute Gasteiger partial charge is 0.481 e. The number of carbonyl (C=O) groups is 2. The fourth-order valence-corrected chi connectivity index (χ4v) is 2.51. The lowest BCUT2D eigenvalue weighted by Crippen LogP contribution is -2.14. The van der Waals surface area contributed by atoms with E-state index in [1.165, 1.54) is 0 Å². The maximum absolute atomic E-state index is 12.4. The Morgan fingerprint density at radius 1 is 1.30 bits per heavy atom. The molecule has 23 heavy (non-hydrogen) atoms. The van der Waals surface area contributed by atoms with Crippen LogP contribution < -0.4 is 5.32 Å². The summed E-state index contributed by atoms with van der Waals surface area (Å²) < 4.78 is 1.58. The first-order chi connectivity index (χ1) is 10.8. The van der Waals surface area contributed by atoms with Gasteiger partial charge in [0.2, 0.25) is 0 Å². The number of halogens is 1. The molecule has 0 aliphatic heterocycles. The number of nitrogens with zero attached hydrogens (tertiary/aromatic N) is 2. The van der Waals surface area contributed by atoms with Crippen LogP contribution in [0.5, 0.6) is 0 Å². The van der Waals surface area contributed by atoms with E-state index in [0.29, 0.717) is 27.7 Å². The fraction of sp³-hybridized carbons (Fsp3) is 0.312. The lowest BCUT2D eigenvalue weighted by atomic mass is 10.1. The average molecular weight is 336 g/mol. The molecule has 1 heterocycles. The Labute approximate surface area is 139 Å². The molecule has 0 unspecified atom stereocenters. The number of carboxylic acid groups (broad SMARTS) is 1. The number of amides is 1. The first-order valence-electron chi connectivity index (χ1n) is 7.13. The number of anilines is 1. The van der Waals surface area contributed by atoms with Gasteiger partial charge in [0.05, 0.1) is 40.6 Å². The molecule has 0 aliphatic rings. The van der Waals surface area contributed by atoms with Crippen molar-refractivity contribution in [1.29, 1.82) is 0 Å². The predicted octanol–water partition coefficient (Wildman–Crippen LogP) is 3.19. The van der Waals surface area contributed by atoms with E-state index in [9.17, 15) is 9.59 Å². The summed E-state index contributed by atoms with van der Waals surface area (Å²) in [5, 5.41) is 16.3. The van der Waals surface area contributed by atoms with Crippen LogP contribution in [0.25, 0.3) is 0 Å². The van der Waals surface area contributed by atoms with Crippen LogP contribution in [0.2, 0.25) is 5.02 Å². The molecule has 1 aromatic heterocycles.